The molecular formula is C22H31N7O2S. The summed E-state index contributed by atoms with van der Waals surface area (Å²) in [6, 6.07) is 0.891. The van der Waals surface area contributed by atoms with Gasteiger partial charge < -0.3 is 20.5 Å². The van der Waals surface area contributed by atoms with Crippen molar-refractivity contribution >= 4 is 39.0 Å². The Morgan fingerprint density at radius 2 is 1.94 bits per heavy atom. The van der Waals surface area contributed by atoms with Crippen LogP contribution in [0, 0.1) is 0 Å². The van der Waals surface area contributed by atoms with Gasteiger partial charge in [-0.2, -0.15) is 10.1 Å². The number of nitrogens with two attached hydrogens (primary N) is 1. The third-order valence-electron chi connectivity index (χ3n) is 6.38. The summed E-state index contributed by atoms with van der Waals surface area (Å²) in [5.74, 6) is 0.997. The van der Waals surface area contributed by atoms with Gasteiger partial charge in [-0.15, -0.1) is 11.3 Å². The number of fused-ring (bicyclic) bond motifs is 3. The average molecular weight is 458 g/mol. The molecule has 5 heterocycles. The van der Waals surface area contributed by atoms with Crippen LogP contribution in [0.3, 0.4) is 0 Å². The van der Waals surface area contributed by atoms with Crippen molar-refractivity contribution in [2.45, 2.75) is 51.2 Å². The van der Waals surface area contributed by atoms with Crippen LogP contribution in [0.1, 0.15) is 42.5 Å². The molecule has 10 heteroatoms. The minimum absolute atomic E-state index is 0.482. The second-order valence-corrected chi connectivity index (χ2v) is 9.55. The first kappa shape index (κ1) is 21.6. The average Bonchev–Trinajstić information content (AvgIpc) is 3.48. The fraction of sp³-hybridized carbons (Fsp3) is 0.591. The van der Waals surface area contributed by atoms with E-state index in [2.05, 4.69) is 30.4 Å². The Balaban J connectivity index is 0.000000154. The number of H-pyrrole nitrogens is 1. The number of nitrogens with one attached hydrogen (secondary N) is 2. The van der Waals surface area contributed by atoms with Gasteiger partial charge in [-0.05, 0) is 24.8 Å². The maximum Gasteiger partial charge on any atom is 0.230 e. The third-order valence-corrected chi connectivity index (χ3v) is 7.48. The highest BCUT2D eigenvalue weighted by molar-refractivity contribution is 7.19. The van der Waals surface area contributed by atoms with Gasteiger partial charge in [0, 0.05) is 30.2 Å². The fourth-order valence-corrected chi connectivity index (χ4v) is 5.91. The molecule has 0 unspecified atom stereocenters. The first-order valence-electron chi connectivity index (χ1n) is 11.5. The molecule has 3 aromatic heterocycles. The summed E-state index contributed by atoms with van der Waals surface area (Å²) in [7, 11) is 0. The number of thiophene rings is 1. The van der Waals surface area contributed by atoms with Crippen molar-refractivity contribution in [3.05, 3.63) is 22.8 Å². The van der Waals surface area contributed by atoms with Crippen molar-refractivity contribution in [1.29, 1.82) is 0 Å². The van der Waals surface area contributed by atoms with Crippen molar-refractivity contribution in [3.63, 3.8) is 0 Å². The number of ether oxygens (including phenoxy) is 2. The first-order chi connectivity index (χ1) is 15.8. The molecule has 2 fully saturated rings. The van der Waals surface area contributed by atoms with E-state index in [1.165, 1.54) is 55.6 Å². The summed E-state index contributed by atoms with van der Waals surface area (Å²) >= 11 is 1.62. The summed E-state index contributed by atoms with van der Waals surface area (Å²) in [5.41, 5.74) is 8.14. The molecule has 3 aliphatic rings. The molecule has 1 aliphatic carbocycles. The number of hydrogen-bond donors (Lipinski definition) is 3. The van der Waals surface area contributed by atoms with E-state index in [0.717, 1.165) is 48.2 Å². The predicted octanol–water partition coefficient (Wildman–Crippen LogP) is 3.46. The number of rotatable bonds is 3. The molecule has 0 radical (unpaired) electrons. The fourth-order valence-electron chi connectivity index (χ4n) is 4.75. The van der Waals surface area contributed by atoms with Crippen LogP contribution >= 0.6 is 11.3 Å². The van der Waals surface area contributed by atoms with Crippen LogP contribution in [0.5, 0.6) is 0 Å². The molecule has 172 valence electrons. The maximum atomic E-state index is 6.11. The van der Waals surface area contributed by atoms with Crippen molar-refractivity contribution < 1.29 is 9.47 Å². The van der Waals surface area contributed by atoms with Crippen LogP contribution in [0.2, 0.25) is 0 Å². The normalized spacial score (nSPS) is 19.9. The molecule has 4 N–H and O–H groups in total. The third kappa shape index (κ3) is 4.88. The Labute approximate surface area is 191 Å². The van der Waals surface area contributed by atoms with E-state index in [4.69, 9.17) is 15.2 Å². The van der Waals surface area contributed by atoms with E-state index in [-0.39, 0.29) is 0 Å². The van der Waals surface area contributed by atoms with Crippen LogP contribution in [0.15, 0.2) is 12.4 Å². The highest BCUT2D eigenvalue weighted by atomic mass is 32.1. The smallest absolute Gasteiger partial charge is 0.230 e. The summed E-state index contributed by atoms with van der Waals surface area (Å²) < 4.78 is 10.8. The van der Waals surface area contributed by atoms with Gasteiger partial charge in [-0.3, -0.25) is 10.00 Å². The minimum Gasteiger partial charge on any atom is -0.383 e. The predicted molar refractivity (Wildman–Crippen MR) is 126 cm³/mol. The molecule has 0 amide bonds. The zero-order valence-corrected chi connectivity index (χ0v) is 19.1. The Bertz CT molecular complexity index is 995. The van der Waals surface area contributed by atoms with E-state index in [9.17, 15) is 0 Å². The topological polar surface area (TPSA) is 114 Å². The van der Waals surface area contributed by atoms with Gasteiger partial charge in [0.1, 0.15) is 10.6 Å². The van der Waals surface area contributed by atoms with E-state index < -0.39 is 0 Å². The first-order valence-corrected chi connectivity index (χ1v) is 12.3. The van der Waals surface area contributed by atoms with Crippen LogP contribution < -0.4 is 11.1 Å². The van der Waals surface area contributed by atoms with Crippen LogP contribution in [0.25, 0.3) is 10.2 Å². The molecule has 1 saturated heterocycles. The Kier molecular flexibility index (Phi) is 6.82. The number of morpholine rings is 1. The van der Waals surface area contributed by atoms with E-state index in [0.29, 0.717) is 18.4 Å². The minimum atomic E-state index is 0.482. The molecule has 0 spiro atoms. The lowest BCUT2D eigenvalue weighted by molar-refractivity contribution is 0.00858. The molecule has 6 rings (SSSR count). The highest BCUT2D eigenvalue weighted by Gasteiger charge is 2.22. The lowest BCUT2D eigenvalue weighted by Gasteiger charge is -2.36. The Morgan fingerprint density at radius 1 is 1.09 bits per heavy atom. The van der Waals surface area contributed by atoms with Gasteiger partial charge in [-0.25, -0.2) is 4.98 Å². The van der Waals surface area contributed by atoms with Crippen LogP contribution in [0.4, 0.5) is 17.5 Å². The SMILES string of the molecule is C1CCC(N2CCOCC2)CC1.Nc1nc(Nc2cn[nH]c2)nc2sc3c(c12)CCOC3. The van der Waals surface area contributed by atoms with Crippen molar-refractivity contribution in [3.8, 4) is 0 Å². The molecule has 9 nitrogen and oxygen atoms in total. The Morgan fingerprint density at radius 3 is 2.72 bits per heavy atom. The zero-order valence-electron chi connectivity index (χ0n) is 18.3. The number of hydrogen-bond acceptors (Lipinski definition) is 9. The Hall–Kier alpha value is -2.27. The number of anilines is 3. The summed E-state index contributed by atoms with van der Waals surface area (Å²) in [6.45, 7) is 5.62. The van der Waals surface area contributed by atoms with Gasteiger partial charge in [0.15, 0.2) is 0 Å². The van der Waals surface area contributed by atoms with Gasteiger partial charge in [0.05, 0.1) is 43.7 Å². The summed E-state index contributed by atoms with van der Waals surface area (Å²) in [6.07, 6.45) is 11.5. The van der Waals surface area contributed by atoms with Crippen LogP contribution in [-0.2, 0) is 22.5 Å². The second-order valence-electron chi connectivity index (χ2n) is 8.47. The molecule has 0 aromatic carbocycles. The van der Waals surface area contributed by atoms with E-state index in [1.54, 1.807) is 23.7 Å². The van der Waals surface area contributed by atoms with E-state index >= 15 is 0 Å². The van der Waals surface area contributed by atoms with Gasteiger partial charge >= 0.3 is 0 Å². The van der Waals surface area contributed by atoms with Gasteiger partial charge in [-0.1, -0.05) is 19.3 Å². The number of nitrogens with zero attached hydrogens (tertiary/aromatic N) is 4. The maximum absolute atomic E-state index is 6.11. The molecule has 0 atom stereocenters. The molecular weight excluding hydrogens is 426 g/mol. The monoisotopic (exact) mass is 457 g/mol. The van der Waals surface area contributed by atoms with Crippen molar-refractivity contribution in [2.75, 3.05) is 44.0 Å². The quantitative estimate of drug-likeness (QED) is 0.548. The van der Waals surface area contributed by atoms with E-state index in [1.807, 2.05) is 0 Å². The van der Waals surface area contributed by atoms with Crippen molar-refractivity contribution in [1.82, 2.24) is 25.1 Å². The summed E-state index contributed by atoms with van der Waals surface area (Å²) in [4.78, 5) is 13.6. The summed E-state index contributed by atoms with van der Waals surface area (Å²) in [5, 5.41) is 10.7. The molecule has 3 aromatic rings. The molecule has 2 aliphatic heterocycles. The number of aromatic amines is 1. The molecule has 1 saturated carbocycles. The standard InChI is InChI=1S/C12H12N6OS.C10H19NO/c13-10-9-7-1-2-19-5-8(7)20-11(9)18-12(17-10)16-6-3-14-15-4-6;1-2-4-10(5-3-1)11-6-8-12-9-7-11/h3-4H,1-2,5H2,(H,14,15)(H3,13,16,17,18);10H,1-9H2. The molecule has 0 bridgehead atoms. The van der Waals surface area contributed by atoms with Crippen LogP contribution in [-0.4, -0.2) is 64.0 Å². The zero-order chi connectivity index (χ0) is 21.8. The van der Waals surface area contributed by atoms with Gasteiger partial charge in [0.25, 0.3) is 0 Å². The number of nitrogen functional groups attached to an aromatic ring is 1. The molecule has 32 heavy (non-hydrogen) atoms. The van der Waals surface area contributed by atoms with Crippen molar-refractivity contribution in [2.24, 2.45) is 0 Å². The lowest BCUT2D eigenvalue weighted by atomic mass is 9.94. The highest BCUT2D eigenvalue weighted by Crippen LogP contribution is 2.36. The second kappa shape index (κ2) is 10.1. The largest absolute Gasteiger partial charge is 0.383 e. The van der Waals surface area contributed by atoms with Gasteiger partial charge in [0.2, 0.25) is 5.95 Å². The lowest BCUT2D eigenvalue weighted by Crippen LogP contribution is -2.44. The number of aromatic nitrogens is 4.